The largest absolute Gasteiger partial charge is 0.335 e. The van der Waals surface area contributed by atoms with Gasteiger partial charge in [0.1, 0.15) is 5.82 Å². The minimum absolute atomic E-state index is 1.15. The summed E-state index contributed by atoms with van der Waals surface area (Å²) in [6.45, 7) is 5.72. The lowest BCUT2D eigenvalue weighted by Crippen LogP contribution is -2.03. The molecule has 2 nitrogen and oxygen atoms in total. The first kappa shape index (κ1) is 23.2. The number of hydrogen-bond donors (Lipinski definition) is 0. The minimum atomic E-state index is 1.15. The van der Waals surface area contributed by atoms with Crippen molar-refractivity contribution in [1.29, 1.82) is 0 Å². The third kappa shape index (κ3) is 12.5. The second-order valence-electron chi connectivity index (χ2n) is 8.09. The highest BCUT2D eigenvalue weighted by atomic mass is 15.1. The molecule has 0 radical (unpaired) electrons. The van der Waals surface area contributed by atoms with E-state index in [9.17, 15) is 0 Å². The van der Waals surface area contributed by atoms with E-state index in [1.54, 1.807) is 0 Å². The Labute approximate surface area is 164 Å². The van der Waals surface area contributed by atoms with Crippen LogP contribution in [-0.4, -0.2) is 9.55 Å². The van der Waals surface area contributed by atoms with Gasteiger partial charge >= 0.3 is 0 Å². The van der Waals surface area contributed by atoms with Crippen LogP contribution in [-0.2, 0) is 13.0 Å². The average molecular weight is 363 g/mol. The van der Waals surface area contributed by atoms with Crippen LogP contribution < -0.4 is 0 Å². The van der Waals surface area contributed by atoms with Gasteiger partial charge in [-0.05, 0) is 12.8 Å². The maximum atomic E-state index is 4.56. The molecule has 0 unspecified atom stereocenters. The molecule has 0 aliphatic rings. The van der Waals surface area contributed by atoms with Gasteiger partial charge in [0.25, 0.3) is 0 Å². The summed E-state index contributed by atoms with van der Waals surface area (Å²) in [6, 6.07) is 0. The van der Waals surface area contributed by atoms with Crippen molar-refractivity contribution in [3.05, 3.63) is 18.2 Å². The van der Waals surface area contributed by atoms with Gasteiger partial charge in [0.2, 0.25) is 0 Å². The summed E-state index contributed by atoms with van der Waals surface area (Å²) < 4.78 is 2.37. The molecule has 1 rings (SSSR count). The maximum Gasteiger partial charge on any atom is 0.108 e. The predicted molar refractivity (Wildman–Crippen MR) is 116 cm³/mol. The summed E-state index contributed by atoms with van der Waals surface area (Å²) in [5, 5.41) is 0. The lowest BCUT2D eigenvalue weighted by molar-refractivity contribution is 0.530. The Morgan fingerprint density at radius 2 is 1.08 bits per heavy atom. The standard InChI is InChI=1S/C24H46N2/c1-3-5-7-8-9-10-11-12-13-14-15-16-17-18-20-24-25-21-23-26(24)22-19-6-4-2/h21,23H,3-20,22H2,1-2H3. The van der Waals surface area contributed by atoms with E-state index in [1.165, 1.54) is 115 Å². The maximum absolute atomic E-state index is 4.56. The van der Waals surface area contributed by atoms with E-state index in [-0.39, 0.29) is 0 Å². The van der Waals surface area contributed by atoms with Gasteiger partial charge in [-0.25, -0.2) is 4.98 Å². The van der Waals surface area contributed by atoms with Crippen LogP contribution in [0.15, 0.2) is 12.4 Å². The van der Waals surface area contributed by atoms with Gasteiger partial charge in [0.15, 0.2) is 0 Å². The highest BCUT2D eigenvalue weighted by molar-refractivity contribution is 4.92. The molecule has 2 heteroatoms. The molecule has 1 aromatic rings. The zero-order valence-electron chi connectivity index (χ0n) is 18.0. The Morgan fingerprint density at radius 1 is 0.615 bits per heavy atom. The number of imidazole rings is 1. The van der Waals surface area contributed by atoms with Crippen LogP contribution in [0.4, 0.5) is 0 Å². The topological polar surface area (TPSA) is 17.8 Å². The third-order valence-corrected chi connectivity index (χ3v) is 5.56. The lowest BCUT2D eigenvalue weighted by atomic mass is 10.0. The number of aryl methyl sites for hydroxylation is 2. The monoisotopic (exact) mass is 362 g/mol. The first-order valence-electron chi connectivity index (χ1n) is 11.9. The van der Waals surface area contributed by atoms with Gasteiger partial charge in [-0.15, -0.1) is 0 Å². The SMILES string of the molecule is CCCCCCCCCCCCCCCCc1nccn1CCCCC. The Bertz CT molecular complexity index is 397. The summed E-state index contributed by atoms with van der Waals surface area (Å²) in [4.78, 5) is 4.56. The summed E-state index contributed by atoms with van der Waals surface area (Å²) in [6.07, 6.45) is 29.2. The molecule has 0 saturated heterocycles. The number of nitrogens with zero attached hydrogens (tertiary/aromatic N) is 2. The van der Waals surface area contributed by atoms with Gasteiger partial charge in [-0.3, -0.25) is 0 Å². The van der Waals surface area contributed by atoms with Crippen LogP contribution >= 0.6 is 0 Å². The zero-order chi connectivity index (χ0) is 18.7. The van der Waals surface area contributed by atoms with E-state index in [2.05, 4.69) is 29.6 Å². The minimum Gasteiger partial charge on any atom is -0.335 e. The number of hydrogen-bond acceptors (Lipinski definition) is 1. The normalized spacial score (nSPS) is 11.3. The van der Waals surface area contributed by atoms with Crippen LogP contribution in [0.5, 0.6) is 0 Å². The molecule has 0 aliphatic carbocycles. The van der Waals surface area contributed by atoms with E-state index in [4.69, 9.17) is 0 Å². The summed E-state index contributed by atoms with van der Waals surface area (Å²) in [7, 11) is 0. The van der Waals surface area contributed by atoms with Crippen molar-refractivity contribution in [3.63, 3.8) is 0 Å². The van der Waals surface area contributed by atoms with E-state index >= 15 is 0 Å². The fourth-order valence-corrected chi connectivity index (χ4v) is 3.78. The second-order valence-corrected chi connectivity index (χ2v) is 8.09. The summed E-state index contributed by atoms with van der Waals surface area (Å²) in [5.74, 6) is 1.31. The highest BCUT2D eigenvalue weighted by Crippen LogP contribution is 2.14. The van der Waals surface area contributed by atoms with Crippen LogP contribution in [0, 0.1) is 0 Å². The summed E-state index contributed by atoms with van der Waals surface area (Å²) >= 11 is 0. The van der Waals surface area contributed by atoms with Crippen LogP contribution in [0.3, 0.4) is 0 Å². The van der Waals surface area contributed by atoms with Gasteiger partial charge in [-0.2, -0.15) is 0 Å². The lowest BCUT2D eigenvalue weighted by Gasteiger charge is -2.07. The molecular weight excluding hydrogens is 316 g/mol. The number of aromatic nitrogens is 2. The molecule has 0 fully saturated rings. The van der Waals surface area contributed by atoms with E-state index < -0.39 is 0 Å². The van der Waals surface area contributed by atoms with Crippen molar-refractivity contribution >= 4 is 0 Å². The molecule has 0 aromatic carbocycles. The first-order chi connectivity index (χ1) is 12.9. The van der Waals surface area contributed by atoms with Gasteiger partial charge < -0.3 is 4.57 Å². The number of unbranched alkanes of at least 4 members (excludes halogenated alkanes) is 15. The molecule has 1 aromatic heterocycles. The molecule has 1 heterocycles. The third-order valence-electron chi connectivity index (χ3n) is 5.56. The molecule has 0 N–H and O–H groups in total. The van der Waals surface area contributed by atoms with E-state index in [1.807, 2.05) is 6.20 Å². The van der Waals surface area contributed by atoms with Crippen molar-refractivity contribution in [2.75, 3.05) is 0 Å². The Morgan fingerprint density at radius 3 is 1.62 bits per heavy atom. The quantitative estimate of drug-likeness (QED) is 0.227. The molecular formula is C24H46N2. The van der Waals surface area contributed by atoms with Crippen molar-refractivity contribution in [2.45, 2.75) is 136 Å². The number of rotatable bonds is 19. The van der Waals surface area contributed by atoms with Gasteiger partial charge in [-0.1, -0.05) is 110 Å². The average Bonchev–Trinajstić information content (AvgIpc) is 3.09. The van der Waals surface area contributed by atoms with Crippen molar-refractivity contribution in [2.24, 2.45) is 0 Å². The molecule has 0 atom stereocenters. The van der Waals surface area contributed by atoms with E-state index in [0.717, 1.165) is 13.0 Å². The summed E-state index contributed by atoms with van der Waals surface area (Å²) in [5.41, 5.74) is 0. The molecule has 0 spiro atoms. The molecule has 0 bridgehead atoms. The molecule has 26 heavy (non-hydrogen) atoms. The smallest absolute Gasteiger partial charge is 0.108 e. The van der Waals surface area contributed by atoms with Crippen LogP contribution in [0.1, 0.15) is 129 Å². The molecule has 0 amide bonds. The second kappa shape index (κ2) is 17.6. The first-order valence-corrected chi connectivity index (χ1v) is 11.9. The zero-order valence-corrected chi connectivity index (χ0v) is 18.0. The van der Waals surface area contributed by atoms with Gasteiger partial charge in [0.05, 0.1) is 0 Å². The van der Waals surface area contributed by atoms with Crippen molar-refractivity contribution in [1.82, 2.24) is 9.55 Å². The molecule has 0 aliphatic heterocycles. The van der Waals surface area contributed by atoms with Crippen LogP contribution in [0.2, 0.25) is 0 Å². The fourth-order valence-electron chi connectivity index (χ4n) is 3.78. The Balaban J connectivity index is 1.86. The van der Waals surface area contributed by atoms with E-state index in [0.29, 0.717) is 0 Å². The predicted octanol–water partition coefficient (Wildman–Crippen LogP) is 8.10. The Kier molecular flexibility index (Phi) is 15.8. The molecule has 152 valence electrons. The van der Waals surface area contributed by atoms with Crippen molar-refractivity contribution < 1.29 is 0 Å². The molecule has 0 saturated carbocycles. The van der Waals surface area contributed by atoms with Crippen molar-refractivity contribution in [3.8, 4) is 0 Å². The Hall–Kier alpha value is -0.790. The fraction of sp³-hybridized carbons (Fsp3) is 0.875. The van der Waals surface area contributed by atoms with Crippen LogP contribution in [0.25, 0.3) is 0 Å². The highest BCUT2D eigenvalue weighted by Gasteiger charge is 2.02. The van der Waals surface area contributed by atoms with Gasteiger partial charge in [0, 0.05) is 25.4 Å².